The van der Waals surface area contributed by atoms with Gasteiger partial charge in [0.15, 0.2) is 0 Å². The summed E-state index contributed by atoms with van der Waals surface area (Å²) < 4.78 is 5.48. The average molecular weight is 171 g/mol. The lowest BCUT2D eigenvalue weighted by Gasteiger charge is -2.32. The highest BCUT2D eigenvalue weighted by molar-refractivity contribution is 5.72. The van der Waals surface area contributed by atoms with Crippen LogP contribution in [0.25, 0.3) is 0 Å². The first-order chi connectivity index (χ1) is 5.68. The summed E-state index contributed by atoms with van der Waals surface area (Å²) in [4.78, 5) is 10.5. The molecule has 0 bridgehead atoms. The maximum Gasteiger partial charge on any atom is 0.216 e. The first-order valence-electron chi connectivity index (χ1n) is 4.54. The van der Waals surface area contributed by atoms with E-state index in [4.69, 9.17) is 4.74 Å². The molecular weight excluding hydrogens is 154 g/mol. The second-order valence-electron chi connectivity index (χ2n) is 3.55. The van der Waals surface area contributed by atoms with Gasteiger partial charge in [0.1, 0.15) is 0 Å². The van der Waals surface area contributed by atoms with Crippen LogP contribution in [0.3, 0.4) is 0 Å². The molecule has 0 spiro atoms. The fraction of sp³-hybridized carbons (Fsp3) is 0.889. The molecule has 0 saturated heterocycles. The van der Waals surface area contributed by atoms with Gasteiger partial charge in [0.05, 0.1) is 12.7 Å². The molecule has 1 amide bonds. The van der Waals surface area contributed by atoms with Crippen LogP contribution in [0.15, 0.2) is 0 Å². The van der Waals surface area contributed by atoms with Gasteiger partial charge in [0.25, 0.3) is 0 Å². The molecule has 3 nitrogen and oxygen atoms in total. The van der Waals surface area contributed by atoms with Gasteiger partial charge in [-0.25, -0.2) is 0 Å². The molecule has 0 unspecified atom stereocenters. The van der Waals surface area contributed by atoms with Crippen LogP contribution in [0.2, 0.25) is 0 Å². The fourth-order valence-electron chi connectivity index (χ4n) is 1.42. The van der Waals surface area contributed by atoms with E-state index in [1.165, 1.54) is 19.8 Å². The highest BCUT2D eigenvalue weighted by atomic mass is 16.5. The number of carbonyl (C=O) groups excluding carboxylic acids is 1. The number of carbonyl (C=O) groups is 1. The van der Waals surface area contributed by atoms with E-state index < -0.39 is 0 Å². The molecule has 0 radical (unpaired) electrons. The Morgan fingerprint density at radius 3 is 2.75 bits per heavy atom. The van der Waals surface area contributed by atoms with Gasteiger partial charge in [0, 0.05) is 13.5 Å². The molecule has 12 heavy (non-hydrogen) atoms. The molecule has 0 aromatic carbocycles. The SMILES string of the molecule is CC(=O)NCCOC1CC(C)C1. The quantitative estimate of drug-likeness (QED) is 0.639. The minimum atomic E-state index is 0.0144. The van der Waals surface area contributed by atoms with Crippen molar-refractivity contribution in [1.82, 2.24) is 5.32 Å². The standard InChI is InChI=1S/C9H17NO2/c1-7-5-9(6-7)12-4-3-10-8(2)11/h7,9H,3-6H2,1-2H3,(H,10,11). The zero-order valence-electron chi connectivity index (χ0n) is 7.80. The number of amides is 1. The van der Waals surface area contributed by atoms with Crippen LogP contribution in [-0.4, -0.2) is 25.2 Å². The predicted molar refractivity (Wildman–Crippen MR) is 46.8 cm³/mol. The molecule has 1 aliphatic rings. The van der Waals surface area contributed by atoms with Crippen LogP contribution in [-0.2, 0) is 9.53 Å². The van der Waals surface area contributed by atoms with E-state index in [2.05, 4.69) is 12.2 Å². The van der Waals surface area contributed by atoms with Crippen LogP contribution in [0, 0.1) is 5.92 Å². The highest BCUT2D eigenvalue weighted by Gasteiger charge is 2.25. The number of hydrogen-bond donors (Lipinski definition) is 1. The summed E-state index contributed by atoms with van der Waals surface area (Å²) in [5.41, 5.74) is 0. The molecule has 1 saturated carbocycles. The Hall–Kier alpha value is -0.570. The molecule has 3 heteroatoms. The van der Waals surface area contributed by atoms with Crippen LogP contribution in [0.5, 0.6) is 0 Å². The summed E-state index contributed by atoms with van der Waals surface area (Å²) in [7, 11) is 0. The van der Waals surface area contributed by atoms with Gasteiger partial charge in [-0.15, -0.1) is 0 Å². The minimum Gasteiger partial charge on any atom is -0.376 e. The summed E-state index contributed by atoms with van der Waals surface area (Å²) in [6.07, 6.45) is 2.81. The van der Waals surface area contributed by atoms with Crippen LogP contribution in [0.4, 0.5) is 0 Å². The van der Waals surface area contributed by atoms with Crippen molar-refractivity contribution in [3.8, 4) is 0 Å². The third-order valence-corrected chi connectivity index (χ3v) is 2.16. The third kappa shape index (κ3) is 3.22. The Kier molecular flexibility index (Phi) is 3.53. The molecule has 1 rings (SSSR count). The molecule has 0 atom stereocenters. The van der Waals surface area contributed by atoms with Gasteiger partial charge in [-0.3, -0.25) is 4.79 Å². The summed E-state index contributed by atoms with van der Waals surface area (Å²) >= 11 is 0. The van der Waals surface area contributed by atoms with E-state index in [0.717, 1.165) is 5.92 Å². The van der Waals surface area contributed by atoms with Gasteiger partial charge in [-0.1, -0.05) is 6.92 Å². The molecule has 1 N–H and O–H groups in total. The van der Waals surface area contributed by atoms with Gasteiger partial charge >= 0.3 is 0 Å². The van der Waals surface area contributed by atoms with Crippen molar-refractivity contribution in [2.24, 2.45) is 5.92 Å². The van der Waals surface area contributed by atoms with Gasteiger partial charge in [-0.05, 0) is 18.8 Å². The van der Waals surface area contributed by atoms with E-state index in [1.807, 2.05) is 0 Å². The Balaban J connectivity index is 1.87. The topological polar surface area (TPSA) is 38.3 Å². The first-order valence-corrected chi connectivity index (χ1v) is 4.54. The molecule has 0 heterocycles. The van der Waals surface area contributed by atoms with E-state index in [9.17, 15) is 4.79 Å². The van der Waals surface area contributed by atoms with E-state index >= 15 is 0 Å². The van der Waals surface area contributed by atoms with E-state index in [-0.39, 0.29) is 5.91 Å². The highest BCUT2D eigenvalue weighted by Crippen LogP contribution is 2.28. The second-order valence-corrected chi connectivity index (χ2v) is 3.55. The zero-order chi connectivity index (χ0) is 8.97. The van der Waals surface area contributed by atoms with Crippen molar-refractivity contribution in [2.75, 3.05) is 13.2 Å². The van der Waals surface area contributed by atoms with Crippen LogP contribution in [0.1, 0.15) is 26.7 Å². The Morgan fingerprint density at radius 2 is 2.25 bits per heavy atom. The normalized spacial score (nSPS) is 27.8. The van der Waals surface area contributed by atoms with Gasteiger partial charge in [0.2, 0.25) is 5.91 Å². The average Bonchev–Trinajstić information content (AvgIpc) is 1.93. The van der Waals surface area contributed by atoms with Gasteiger partial charge < -0.3 is 10.1 Å². The Labute approximate surface area is 73.5 Å². The van der Waals surface area contributed by atoms with Crippen molar-refractivity contribution in [1.29, 1.82) is 0 Å². The zero-order valence-corrected chi connectivity index (χ0v) is 7.80. The second kappa shape index (κ2) is 4.45. The summed E-state index contributed by atoms with van der Waals surface area (Å²) in [6, 6.07) is 0. The molecular formula is C9H17NO2. The first kappa shape index (κ1) is 9.52. The molecule has 1 aliphatic carbocycles. The maximum atomic E-state index is 10.5. The minimum absolute atomic E-state index is 0.0144. The smallest absolute Gasteiger partial charge is 0.216 e. The molecule has 0 aromatic rings. The van der Waals surface area contributed by atoms with Crippen molar-refractivity contribution >= 4 is 5.91 Å². The van der Waals surface area contributed by atoms with E-state index in [0.29, 0.717) is 19.3 Å². The number of ether oxygens (including phenoxy) is 1. The van der Waals surface area contributed by atoms with Crippen LogP contribution < -0.4 is 5.32 Å². The lowest BCUT2D eigenvalue weighted by molar-refractivity contribution is -0.119. The largest absolute Gasteiger partial charge is 0.376 e. The number of hydrogen-bond acceptors (Lipinski definition) is 2. The van der Waals surface area contributed by atoms with E-state index in [1.54, 1.807) is 0 Å². The van der Waals surface area contributed by atoms with Crippen molar-refractivity contribution in [3.63, 3.8) is 0 Å². The fourth-order valence-corrected chi connectivity index (χ4v) is 1.42. The van der Waals surface area contributed by atoms with Crippen molar-refractivity contribution < 1.29 is 9.53 Å². The summed E-state index contributed by atoms with van der Waals surface area (Å²) in [5.74, 6) is 0.844. The summed E-state index contributed by atoms with van der Waals surface area (Å²) in [5, 5.41) is 2.70. The predicted octanol–water partition coefficient (Wildman–Crippen LogP) is 0.938. The molecule has 70 valence electrons. The number of nitrogens with one attached hydrogen (secondary N) is 1. The third-order valence-electron chi connectivity index (χ3n) is 2.16. The summed E-state index contributed by atoms with van der Waals surface area (Å²) in [6.45, 7) is 5.04. The van der Waals surface area contributed by atoms with Crippen molar-refractivity contribution in [3.05, 3.63) is 0 Å². The Bertz CT molecular complexity index is 153. The Morgan fingerprint density at radius 1 is 1.58 bits per heavy atom. The lowest BCUT2D eigenvalue weighted by Crippen LogP contribution is -2.33. The monoisotopic (exact) mass is 171 g/mol. The molecule has 0 aromatic heterocycles. The maximum absolute atomic E-state index is 10.5. The number of rotatable bonds is 4. The molecule has 1 fully saturated rings. The van der Waals surface area contributed by atoms with Crippen LogP contribution >= 0.6 is 0 Å². The van der Waals surface area contributed by atoms with Gasteiger partial charge in [-0.2, -0.15) is 0 Å². The molecule has 0 aliphatic heterocycles. The van der Waals surface area contributed by atoms with Crippen molar-refractivity contribution in [2.45, 2.75) is 32.8 Å². The lowest BCUT2D eigenvalue weighted by atomic mass is 9.84.